The summed E-state index contributed by atoms with van der Waals surface area (Å²) >= 11 is 0. The van der Waals surface area contributed by atoms with Gasteiger partial charge in [0.15, 0.2) is 11.6 Å². The Morgan fingerprint density at radius 2 is 1.52 bits per heavy atom. The number of rotatable bonds is 6. The van der Waals surface area contributed by atoms with Gasteiger partial charge < -0.3 is 0 Å². The molecule has 0 aromatic heterocycles. The van der Waals surface area contributed by atoms with E-state index in [4.69, 9.17) is 0 Å². The summed E-state index contributed by atoms with van der Waals surface area (Å²) in [6.07, 6.45) is 6.16. The number of ketones is 2. The van der Waals surface area contributed by atoms with Gasteiger partial charge in [0.05, 0.1) is 0 Å². The fourth-order valence-corrected chi connectivity index (χ4v) is 2.65. The molecule has 0 heterocycles. The standard InChI is InChI=1S/C19H28O2/c1-12(2)8-7-9-13(3)10-11-17-16(6)18(20)14(4)15(5)19(17)21/h8,13H,7,9-11H2,1-6H3/t13-/m1/s1. The molecule has 0 aromatic rings. The molecule has 1 rings (SSSR count). The second-order valence-electron chi connectivity index (χ2n) is 6.51. The third kappa shape index (κ3) is 4.52. The van der Waals surface area contributed by atoms with Crippen LogP contribution in [0.2, 0.25) is 0 Å². The second kappa shape index (κ2) is 7.53. The van der Waals surface area contributed by atoms with Gasteiger partial charge in [0.2, 0.25) is 0 Å². The SMILES string of the molecule is CC(C)=CCC[C@@H](C)CCC1=C(C)C(=O)C(C)=C(C)C1=O. The number of carbonyl (C=O) groups is 2. The van der Waals surface area contributed by atoms with E-state index in [1.807, 2.05) is 0 Å². The molecule has 0 spiro atoms. The lowest BCUT2D eigenvalue weighted by Gasteiger charge is -2.19. The Bertz CT molecular complexity index is 526. The predicted molar refractivity (Wildman–Crippen MR) is 88.2 cm³/mol. The van der Waals surface area contributed by atoms with Gasteiger partial charge in [-0.05, 0) is 66.2 Å². The molecule has 1 aliphatic rings. The highest BCUT2D eigenvalue weighted by atomic mass is 16.1. The lowest BCUT2D eigenvalue weighted by Crippen LogP contribution is -2.21. The molecule has 1 atom stereocenters. The van der Waals surface area contributed by atoms with Crippen LogP contribution in [0.5, 0.6) is 0 Å². The van der Waals surface area contributed by atoms with Gasteiger partial charge >= 0.3 is 0 Å². The molecule has 0 N–H and O–H groups in total. The van der Waals surface area contributed by atoms with E-state index in [9.17, 15) is 9.59 Å². The number of hydrogen-bond acceptors (Lipinski definition) is 2. The van der Waals surface area contributed by atoms with E-state index in [1.165, 1.54) is 5.57 Å². The van der Waals surface area contributed by atoms with Crippen LogP contribution in [0.15, 0.2) is 33.9 Å². The number of Topliss-reactive ketones (excluding diaryl/α,β-unsaturated/α-hetero) is 2. The maximum Gasteiger partial charge on any atom is 0.185 e. The lowest BCUT2D eigenvalue weighted by atomic mass is 9.82. The van der Waals surface area contributed by atoms with Crippen LogP contribution in [0.3, 0.4) is 0 Å². The molecule has 2 nitrogen and oxygen atoms in total. The molecular weight excluding hydrogens is 260 g/mol. The van der Waals surface area contributed by atoms with Crippen molar-refractivity contribution in [2.45, 2.75) is 67.2 Å². The minimum Gasteiger partial charge on any atom is -0.289 e. The molecule has 0 unspecified atom stereocenters. The van der Waals surface area contributed by atoms with Crippen LogP contribution in [-0.4, -0.2) is 11.6 Å². The highest BCUT2D eigenvalue weighted by Gasteiger charge is 2.27. The van der Waals surface area contributed by atoms with E-state index >= 15 is 0 Å². The van der Waals surface area contributed by atoms with Crippen molar-refractivity contribution in [2.24, 2.45) is 5.92 Å². The van der Waals surface area contributed by atoms with Crippen LogP contribution >= 0.6 is 0 Å². The molecule has 0 aliphatic heterocycles. The topological polar surface area (TPSA) is 34.1 Å². The zero-order valence-corrected chi connectivity index (χ0v) is 14.3. The normalized spacial score (nSPS) is 17.4. The quantitative estimate of drug-likeness (QED) is 0.511. The molecule has 0 radical (unpaired) electrons. The molecule has 0 bridgehead atoms. The van der Waals surface area contributed by atoms with Crippen molar-refractivity contribution in [3.63, 3.8) is 0 Å². The Morgan fingerprint density at radius 1 is 0.952 bits per heavy atom. The van der Waals surface area contributed by atoms with Crippen LogP contribution in [0.1, 0.15) is 67.2 Å². The fraction of sp³-hybridized carbons (Fsp3) is 0.579. The Kier molecular flexibility index (Phi) is 6.32. The summed E-state index contributed by atoms with van der Waals surface area (Å²) in [5, 5.41) is 0. The molecule has 1 aliphatic carbocycles. The predicted octanol–water partition coefficient (Wildman–Crippen LogP) is 4.95. The Balaban J connectivity index is 2.65. The minimum atomic E-state index is 0.0410. The number of hydrogen-bond donors (Lipinski definition) is 0. The van der Waals surface area contributed by atoms with Crippen LogP contribution in [0.25, 0.3) is 0 Å². The number of allylic oxidation sites excluding steroid dienone is 6. The highest BCUT2D eigenvalue weighted by molar-refractivity contribution is 6.24. The van der Waals surface area contributed by atoms with E-state index in [2.05, 4.69) is 26.8 Å². The van der Waals surface area contributed by atoms with Crippen molar-refractivity contribution >= 4 is 11.6 Å². The van der Waals surface area contributed by atoms with Gasteiger partial charge in [0, 0.05) is 22.3 Å². The van der Waals surface area contributed by atoms with Gasteiger partial charge in [-0.1, -0.05) is 18.6 Å². The minimum absolute atomic E-state index is 0.0410. The summed E-state index contributed by atoms with van der Waals surface area (Å²) in [6, 6.07) is 0. The van der Waals surface area contributed by atoms with Gasteiger partial charge in [-0.3, -0.25) is 9.59 Å². The molecule has 0 aromatic carbocycles. The second-order valence-corrected chi connectivity index (χ2v) is 6.51. The van der Waals surface area contributed by atoms with Gasteiger partial charge in [0.1, 0.15) is 0 Å². The summed E-state index contributed by atoms with van der Waals surface area (Å²) in [6.45, 7) is 11.8. The molecule has 2 heteroatoms. The fourth-order valence-electron chi connectivity index (χ4n) is 2.65. The Labute approximate surface area is 129 Å². The zero-order chi connectivity index (χ0) is 16.2. The first-order chi connectivity index (χ1) is 9.75. The molecule has 116 valence electrons. The summed E-state index contributed by atoms with van der Waals surface area (Å²) in [5.74, 6) is 0.677. The first-order valence-corrected chi connectivity index (χ1v) is 7.85. The average Bonchev–Trinajstić information content (AvgIpc) is 2.42. The molecule has 0 saturated heterocycles. The molecule has 21 heavy (non-hydrogen) atoms. The smallest absolute Gasteiger partial charge is 0.185 e. The Hall–Kier alpha value is -1.44. The van der Waals surface area contributed by atoms with Crippen molar-refractivity contribution in [2.75, 3.05) is 0 Å². The van der Waals surface area contributed by atoms with Crippen molar-refractivity contribution in [1.29, 1.82) is 0 Å². The monoisotopic (exact) mass is 288 g/mol. The van der Waals surface area contributed by atoms with E-state index in [0.717, 1.165) is 31.3 Å². The van der Waals surface area contributed by atoms with Crippen molar-refractivity contribution < 1.29 is 9.59 Å². The first-order valence-electron chi connectivity index (χ1n) is 7.85. The van der Waals surface area contributed by atoms with E-state index < -0.39 is 0 Å². The molecule has 0 saturated carbocycles. The van der Waals surface area contributed by atoms with Gasteiger partial charge in [-0.15, -0.1) is 0 Å². The summed E-state index contributed by atoms with van der Waals surface area (Å²) < 4.78 is 0. The summed E-state index contributed by atoms with van der Waals surface area (Å²) in [4.78, 5) is 24.4. The van der Waals surface area contributed by atoms with E-state index in [-0.39, 0.29) is 11.6 Å². The maximum atomic E-state index is 12.3. The Morgan fingerprint density at radius 3 is 2.10 bits per heavy atom. The third-order valence-corrected chi connectivity index (χ3v) is 4.41. The van der Waals surface area contributed by atoms with E-state index in [0.29, 0.717) is 22.6 Å². The highest BCUT2D eigenvalue weighted by Crippen LogP contribution is 2.28. The van der Waals surface area contributed by atoms with Crippen molar-refractivity contribution in [1.82, 2.24) is 0 Å². The van der Waals surface area contributed by atoms with Crippen LogP contribution < -0.4 is 0 Å². The van der Waals surface area contributed by atoms with Gasteiger partial charge in [0.25, 0.3) is 0 Å². The third-order valence-electron chi connectivity index (χ3n) is 4.41. The lowest BCUT2D eigenvalue weighted by molar-refractivity contribution is -0.116. The van der Waals surface area contributed by atoms with Crippen molar-refractivity contribution in [3.8, 4) is 0 Å². The van der Waals surface area contributed by atoms with Gasteiger partial charge in [-0.2, -0.15) is 0 Å². The summed E-state index contributed by atoms with van der Waals surface area (Å²) in [5.41, 5.74) is 3.97. The van der Waals surface area contributed by atoms with Crippen LogP contribution in [0, 0.1) is 5.92 Å². The molecule has 0 amide bonds. The molecular formula is C19H28O2. The number of carbonyl (C=O) groups excluding carboxylic acids is 2. The maximum absolute atomic E-state index is 12.3. The summed E-state index contributed by atoms with van der Waals surface area (Å²) in [7, 11) is 0. The first kappa shape index (κ1) is 17.6. The largest absolute Gasteiger partial charge is 0.289 e. The zero-order valence-electron chi connectivity index (χ0n) is 14.3. The molecule has 0 fully saturated rings. The van der Waals surface area contributed by atoms with E-state index in [1.54, 1.807) is 20.8 Å². The van der Waals surface area contributed by atoms with Crippen LogP contribution in [-0.2, 0) is 9.59 Å². The van der Waals surface area contributed by atoms with Crippen LogP contribution in [0.4, 0.5) is 0 Å². The van der Waals surface area contributed by atoms with Gasteiger partial charge in [-0.25, -0.2) is 0 Å². The average molecular weight is 288 g/mol. The van der Waals surface area contributed by atoms with Crippen molar-refractivity contribution in [3.05, 3.63) is 33.9 Å².